The Labute approximate surface area is 179 Å². The molecule has 2 aromatic rings. The number of rotatable bonds is 10. The number of amides is 1. The minimum absolute atomic E-state index is 0.0976. The lowest BCUT2D eigenvalue weighted by Crippen LogP contribution is -2.39. The summed E-state index contributed by atoms with van der Waals surface area (Å²) in [6.45, 7) is 6.08. The third kappa shape index (κ3) is 7.77. The number of alkyl carbamates (subject to hydrolysis) is 1. The lowest BCUT2D eigenvalue weighted by atomic mass is 10.1. The van der Waals surface area contributed by atoms with E-state index < -0.39 is 26.3 Å². The molecule has 0 bridgehead atoms. The van der Waals surface area contributed by atoms with Gasteiger partial charge in [0.1, 0.15) is 6.61 Å². The van der Waals surface area contributed by atoms with Crippen LogP contribution in [0.3, 0.4) is 0 Å². The van der Waals surface area contributed by atoms with Crippen LogP contribution in [0.4, 0.5) is 4.79 Å². The average molecular weight is 431 g/mol. The van der Waals surface area contributed by atoms with Gasteiger partial charge < -0.3 is 19.3 Å². The fourth-order valence-corrected chi connectivity index (χ4v) is 4.77. The van der Waals surface area contributed by atoms with Crippen molar-refractivity contribution in [1.29, 1.82) is 0 Å². The van der Waals surface area contributed by atoms with Gasteiger partial charge in [0.2, 0.25) is 0 Å². The predicted octanol–water partition coefficient (Wildman–Crippen LogP) is 4.72. The molecular formula is C23H30NO5P. The highest BCUT2D eigenvalue weighted by atomic mass is 31.1. The number of carbonyl (C=O) groups excluding carboxylic acids is 2. The van der Waals surface area contributed by atoms with Crippen molar-refractivity contribution in [3.8, 4) is 0 Å². The summed E-state index contributed by atoms with van der Waals surface area (Å²) in [6, 6.07) is 19.1. The number of esters is 1. The van der Waals surface area contributed by atoms with Crippen LogP contribution in [0.15, 0.2) is 60.7 Å². The van der Waals surface area contributed by atoms with Gasteiger partial charge in [0.25, 0.3) is 0 Å². The molecule has 30 heavy (non-hydrogen) atoms. The molecule has 3 unspecified atom stereocenters. The summed E-state index contributed by atoms with van der Waals surface area (Å²) in [5.74, 6) is -0.603. The molecule has 0 heterocycles. The molecule has 3 atom stereocenters. The maximum Gasteiger partial charge on any atom is 0.408 e. The zero-order chi connectivity index (χ0) is 21.9. The van der Waals surface area contributed by atoms with Crippen molar-refractivity contribution in [3.05, 3.63) is 71.8 Å². The summed E-state index contributed by atoms with van der Waals surface area (Å²) in [5.41, 5.74) is 1.89. The van der Waals surface area contributed by atoms with Crippen LogP contribution in [0.1, 0.15) is 25.0 Å². The molecule has 0 radical (unpaired) electrons. The molecule has 0 fully saturated rings. The van der Waals surface area contributed by atoms with E-state index in [1.807, 2.05) is 81.2 Å². The van der Waals surface area contributed by atoms with Crippen molar-refractivity contribution in [3.63, 3.8) is 0 Å². The topological polar surface area (TPSA) is 73.9 Å². The lowest BCUT2D eigenvalue weighted by Gasteiger charge is -2.30. The van der Waals surface area contributed by atoms with Crippen LogP contribution in [0.5, 0.6) is 0 Å². The van der Waals surface area contributed by atoms with E-state index in [0.717, 1.165) is 11.1 Å². The van der Waals surface area contributed by atoms with Gasteiger partial charge in [-0.3, -0.25) is 0 Å². The third-order valence-corrected chi connectivity index (χ3v) is 6.62. The number of nitrogens with one attached hydrogen (secondary N) is 1. The van der Waals surface area contributed by atoms with Crippen LogP contribution in [-0.4, -0.2) is 37.7 Å². The Morgan fingerprint density at radius 2 is 1.53 bits per heavy atom. The minimum Gasteiger partial charge on any atom is -0.467 e. The summed E-state index contributed by atoms with van der Waals surface area (Å²) in [6.07, 6.45) is -0.839. The molecule has 0 saturated heterocycles. The fourth-order valence-electron chi connectivity index (χ4n) is 2.95. The molecule has 0 aliphatic carbocycles. The number of ether oxygens (including phenoxy) is 2. The predicted molar refractivity (Wildman–Crippen MR) is 118 cm³/mol. The van der Waals surface area contributed by atoms with Crippen LogP contribution < -0.4 is 5.32 Å². The Morgan fingerprint density at radius 3 is 2.07 bits per heavy atom. The van der Waals surface area contributed by atoms with Crippen molar-refractivity contribution in [2.45, 2.75) is 38.8 Å². The SMILES string of the molecule is COC(=O)C(Cc1ccccc1)OP(C)C(NC(=O)OCc1ccccc1)C(C)C. The normalized spacial score (nSPS) is 13.9. The Kier molecular flexibility index (Phi) is 9.78. The molecule has 0 aromatic heterocycles. The van der Waals surface area contributed by atoms with Crippen LogP contribution in [0, 0.1) is 5.92 Å². The second-order valence-electron chi connectivity index (χ2n) is 7.25. The zero-order valence-corrected chi connectivity index (χ0v) is 18.8. The van der Waals surface area contributed by atoms with E-state index in [-0.39, 0.29) is 18.3 Å². The lowest BCUT2D eigenvalue weighted by molar-refractivity contribution is -0.148. The largest absolute Gasteiger partial charge is 0.467 e. The van der Waals surface area contributed by atoms with E-state index >= 15 is 0 Å². The molecule has 6 nitrogen and oxygen atoms in total. The molecule has 1 N–H and O–H groups in total. The number of hydrogen-bond donors (Lipinski definition) is 1. The van der Waals surface area contributed by atoms with E-state index in [1.165, 1.54) is 7.11 Å². The van der Waals surface area contributed by atoms with Gasteiger partial charge in [0.15, 0.2) is 6.10 Å². The van der Waals surface area contributed by atoms with Crippen molar-refractivity contribution >= 4 is 20.2 Å². The smallest absolute Gasteiger partial charge is 0.408 e. The van der Waals surface area contributed by atoms with Crippen LogP contribution in [0.25, 0.3) is 0 Å². The Bertz CT molecular complexity index is 785. The average Bonchev–Trinajstić information content (AvgIpc) is 2.76. The molecule has 0 aliphatic rings. The molecule has 0 aliphatic heterocycles. The zero-order valence-electron chi connectivity index (χ0n) is 17.9. The summed E-state index contributed by atoms with van der Waals surface area (Å²) in [4.78, 5) is 24.6. The summed E-state index contributed by atoms with van der Waals surface area (Å²) in [7, 11) is 0.181. The minimum atomic E-state index is -1.17. The number of carbonyl (C=O) groups is 2. The summed E-state index contributed by atoms with van der Waals surface area (Å²) in [5, 5.41) is 2.90. The van der Waals surface area contributed by atoms with E-state index in [9.17, 15) is 9.59 Å². The van der Waals surface area contributed by atoms with E-state index in [2.05, 4.69) is 5.32 Å². The second-order valence-corrected chi connectivity index (χ2v) is 9.11. The highest BCUT2D eigenvalue weighted by molar-refractivity contribution is 7.52. The van der Waals surface area contributed by atoms with Gasteiger partial charge in [0.05, 0.1) is 21.0 Å². The molecule has 2 rings (SSSR count). The van der Waals surface area contributed by atoms with E-state index in [1.54, 1.807) is 0 Å². The fraction of sp³-hybridized carbons (Fsp3) is 0.391. The third-order valence-electron chi connectivity index (χ3n) is 4.52. The Morgan fingerprint density at radius 1 is 0.967 bits per heavy atom. The monoisotopic (exact) mass is 431 g/mol. The molecule has 0 spiro atoms. The van der Waals surface area contributed by atoms with Gasteiger partial charge in [-0.1, -0.05) is 74.5 Å². The number of benzene rings is 2. The molecule has 2 aromatic carbocycles. The maximum absolute atomic E-state index is 12.3. The molecule has 7 heteroatoms. The van der Waals surface area contributed by atoms with E-state index in [4.69, 9.17) is 14.0 Å². The van der Waals surface area contributed by atoms with Crippen LogP contribution >= 0.6 is 8.15 Å². The number of methoxy groups -OCH3 is 1. The molecule has 162 valence electrons. The van der Waals surface area contributed by atoms with E-state index in [0.29, 0.717) is 6.42 Å². The maximum atomic E-state index is 12.3. The van der Waals surface area contributed by atoms with Crippen molar-refractivity contribution in [2.24, 2.45) is 5.92 Å². The van der Waals surface area contributed by atoms with Crippen LogP contribution in [0.2, 0.25) is 0 Å². The highest BCUT2D eigenvalue weighted by Crippen LogP contribution is 2.42. The van der Waals surface area contributed by atoms with Gasteiger partial charge in [-0.05, 0) is 23.7 Å². The van der Waals surface area contributed by atoms with Gasteiger partial charge >= 0.3 is 12.1 Å². The quantitative estimate of drug-likeness (QED) is 0.435. The first-order valence-electron chi connectivity index (χ1n) is 9.89. The Balaban J connectivity index is 1.98. The van der Waals surface area contributed by atoms with Crippen molar-refractivity contribution in [1.82, 2.24) is 5.32 Å². The first-order valence-corrected chi connectivity index (χ1v) is 11.7. The van der Waals surface area contributed by atoms with Gasteiger partial charge in [0, 0.05) is 6.42 Å². The molecular weight excluding hydrogens is 401 g/mol. The highest BCUT2D eigenvalue weighted by Gasteiger charge is 2.30. The van der Waals surface area contributed by atoms with Gasteiger partial charge in [-0.15, -0.1) is 0 Å². The van der Waals surface area contributed by atoms with Crippen LogP contribution in [-0.2, 0) is 31.8 Å². The molecule has 0 saturated carbocycles. The van der Waals surface area contributed by atoms with Gasteiger partial charge in [-0.25, -0.2) is 9.59 Å². The first-order chi connectivity index (χ1) is 14.4. The summed E-state index contributed by atoms with van der Waals surface area (Å²) >= 11 is 0. The standard InChI is InChI=1S/C23H30NO5P/c1-17(2)21(24-23(26)28-16-19-13-9-6-10-14-19)30(4)29-20(22(25)27-3)15-18-11-7-5-8-12-18/h5-14,17,20-21H,15-16H2,1-4H3,(H,24,26). The van der Waals surface area contributed by atoms with Gasteiger partial charge in [-0.2, -0.15) is 0 Å². The Hall–Kier alpha value is -2.43. The first kappa shape index (κ1) is 23.8. The molecule has 1 amide bonds. The number of hydrogen-bond acceptors (Lipinski definition) is 5. The summed E-state index contributed by atoms with van der Waals surface area (Å²) < 4.78 is 16.4. The van der Waals surface area contributed by atoms with Crippen molar-refractivity contribution in [2.75, 3.05) is 13.8 Å². The van der Waals surface area contributed by atoms with Crippen molar-refractivity contribution < 1.29 is 23.6 Å². The second kappa shape index (κ2) is 12.3.